The third-order valence-electron chi connectivity index (χ3n) is 3.05. The molecule has 6 nitrogen and oxygen atoms in total. The number of carbonyl (C=O) groups is 1. The number of carbonyl (C=O) groups excluding carboxylic acids is 1. The Morgan fingerprint density at radius 1 is 1.43 bits per heavy atom. The second-order valence-electron chi connectivity index (χ2n) is 4.37. The number of oxime groups is 1. The van der Waals surface area contributed by atoms with Crippen molar-refractivity contribution < 1.29 is 9.63 Å². The average Bonchev–Trinajstić information content (AvgIpc) is 2.35. The van der Waals surface area contributed by atoms with Crippen LogP contribution in [0.25, 0.3) is 0 Å². The molecule has 21 heavy (non-hydrogen) atoms. The fraction of sp³-hybridized carbons (Fsp3) is 0.385. The van der Waals surface area contributed by atoms with Gasteiger partial charge in [-0.3, -0.25) is 4.79 Å². The highest BCUT2D eigenvalue weighted by Gasteiger charge is 2.23. The molecule has 0 aromatic heterocycles. The van der Waals surface area contributed by atoms with Gasteiger partial charge in [0.15, 0.2) is 5.84 Å². The maximum Gasteiger partial charge on any atom is 0.237 e. The number of nitrogens with one attached hydrogen (secondary N) is 2. The molecular weight excluding hydrogens is 315 g/mol. The molecule has 4 N–H and O–H groups in total. The van der Waals surface area contributed by atoms with Crippen LogP contribution < -0.4 is 16.4 Å². The number of rotatable bonds is 5. The summed E-state index contributed by atoms with van der Waals surface area (Å²) < 4.78 is 0. The first-order valence-electron chi connectivity index (χ1n) is 6.17. The van der Waals surface area contributed by atoms with Crippen LogP contribution in [0, 0.1) is 0 Å². The molecule has 0 bridgehead atoms. The van der Waals surface area contributed by atoms with E-state index < -0.39 is 0 Å². The molecule has 1 aliphatic rings. The van der Waals surface area contributed by atoms with Crippen LogP contribution in [-0.4, -0.2) is 31.4 Å². The summed E-state index contributed by atoms with van der Waals surface area (Å²) >= 11 is 0. The molecule has 1 aliphatic heterocycles. The highest BCUT2D eigenvalue weighted by molar-refractivity contribution is 5.97. The Hall–Kier alpha value is -1.50. The monoisotopic (exact) mass is 334 g/mol. The zero-order valence-corrected chi connectivity index (χ0v) is 13.3. The van der Waals surface area contributed by atoms with Gasteiger partial charge in [-0.15, -0.1) is 24.8 Å². The van der Waals surface area contributed by atoms with Crippen molar-refractivity contribution in [1.29, 1.82) is 0 Å². The van der Waals surface area contributed by atoms with Gasteiger partial charge in [0.05, 0.1) is 6.04 Å². The highest BCUT2D eigenvalue weighted by Crippen LogP contribution is 2.06. The Kier molecular flexibility index (Phi) is 8.76. The fourth-order valence-electron chi connectivity index (χ4n) is 1.77. The zero-order chi connectivity index (χ0) is 13.7. The van der Waals surface area contributed by atoms with E-state index in [1.807, 2.05) is 24.3 Å². The molecule has 1 fully saturated rings. The summed E-state index contributed by atoms with van der Waals surface area (Å²) in [4.78, 5) is 16.2. The van der Waals surface area contributed by atoms with Gasteiger partial charge >= 0.3 is 0 Å². The molecule has 0 unspecified atom stereocenters. The fourth-order valence-corrected chi connectivity index (χ4v) is 1.77. The van der Waals surface area contributed by atoms with Gasteiger partial charge < -0.3 is 21.2 Å². The van der Waals surface area contributed by atoms with E-state index in [0.717, 1.165) is 24.1 Å². The maximum absolute atomic E-state index is 11.6. The SMILES string of the molecule is CO/N=C(\N)c1ccc(CNC(=O)[C@@H]2CCN2)cc1.Cl.Cl. The maximum atomic E-state index is 11.6. The Bertz CT molecular complexity index is 476. The molecule has 0 aliphatic carbocycles. The Morgan fingerprint density at radius 3 is 2.52 bits per heavy atom. The van der Waals surface area contributed by atoms with E-state index >= 15 is 0 Å². The third kappa shape index (κ3) is 5.41. The standard InChI is InChI=1S/C13H18N4O2.2ClH/c1-19-17-12(14)10-4-2-9(3-5-10)8-16-13(18)11-6-7-15-11;;/h2-5,11,15H,6-8H2,1H3,(H2,14,17)(H,16,18);2*1H/t11-;;/m0../s1. The van der Waals surface area contributed by atoms with Crippen LogP contribution in [0.2, 0.25) is 0 Å². The minimum Gasteiger partial charge on any atom is -0.397 e. The number of amides is 1. The predicted molar refractivity (Wildman–Crippen MR) is 86.9 cm³/mol. The summed E-state index contributed by atoms with van der Waals surface area (Å²) in [5.41, 5.74) is 7.49. The second kappa shape index (κ2) is 9.44. The minimum absolute atomic E-state index is 0. The second-order valence-corrected chi connectivity index (χ2v) is 4.37. The summed E-state index contributed by atoms with van der Waals surface area (Å²) in [6.07, 6.45) is 0.911. The van der Waals surface area contributed by atoms with Crippen LogP contribution in [0.4, 0.5) is 0 Å². The van der Waals surface area contributed by atoms with Crippen molar-refractivity contribution in [2.45, 2.75) is 19.0 Å². The van der Waals surface area contributed by atoms with Crippen LogP contribution in [0.15, 0.2) is 29.4 Å². The first-order valence-corrected chi connectivity index (χ1v) is 6.17. The van der Waals surface area contributed by atoms with Crippen molar-refractivity contribution in [3.8, 4) is 0 Å². The predicted octanol–water partition coefficient (Wildman–Crippen LogP) is 0.775. The molecule has 8 heteroatoms. The van der Waals surface area contributed by atoms with Gasteiger partial charge in [-0.05, 0) is 18.5 Å². The summed E-state index contributed by atoms with van der Waals surface area (Å²) in [6, 6.07) is 7.48. The van der Waals surface area contributed by atoms with E-state index in [4.69, 9.17) is 5.73 Å². The van der Waals surface area contributed by atoms with Gasteiger partial charge in [-0.25, -0.2) is 0 Å². The van der Waals surface area contributed by atoms with E-state index in [9.17, 15) is 4.79 Å². The lowest BCUT2D eigenvalue weighted by atomic mass is 10.1. The molecule has 0 spiro atoms. The van der Waals surface area contributed by atoms with Crippen molar-refractivity contribution in [2.24, 2.45) is 10.9 Å². The molecule has 0 saturated carbocycles. The number of benzene rings is 1. The van der Waals surface area contributed by atoms with Crippen LogP contribution in [0.3, 0.4) is 0 Å². The normalized spacial score (nSPS) is 16.8. The van der Waals surface area contributed by atoms with Crippen molar-refractivity contribution in [3.05, 3.63) is 35.4 Å². The summed E-state index contributed by atoms with van der Waals surface area (Å²) in [5, 5.41) is 9.61. The van der Waals surface area contributed by atoms with Gasteiger partial charge in [-0.2, -0.15) is 0 Å². The van der Waals surface area contributed by atoms with E-state index in [-0.39, 0.29) is 36.8 Å². The molecular formula is C13H20Cl2N4O2. The average molecular weight is 335 g/mol. The van der Waals surface area contributed by atoms with E-state index in [0.29, 0.717) is 12.4 Å². The first kappa shape index (κ1) is 19.5. The minimum atomic E-state index is -0.0243. The van der Waals surface area contributed by atoms with Crippen LogP contribution >= 0.6 is 24.8 Å². The van der Waals surface area contributed by atoms with Crippen LogP contribution in [-0.2, 0) is 16.2 Å². The highest BCUT2D eigenvalue weighted by atomic mass is 35.5. The number of nitrogens with zero attached hydrogens (tertiary/aromatic N) is 1. The quantitative estimate of drug-likeness (QED) is 0.421. The lowest BCUT2D eigenvalue weighted by Gasteiger charge is -2.26. The number of hydrogen-bond acceptors (Lipinski definition) is 4. The van der Waals surface area contributed by atoms with Gasteiger partial charge in [0.2, 0.25) is 5.91 Å². The third-order valence-corrected chi connectivity index (χ3v) is 3.05. The Labute approximate surface area is 136 Å². The zero-order valence-electron chi connectivity index (χ0n) is 11.7. The number of amidine groups is 1. The van der Waals surface area contributed by atoms with E-state index in [2.05, 4.69) is 20.6 Å². The van der Waals surface area contributed by atoms with Crippen molar-refractivity contribution >= 4 is 36.6 Å². The van der Waals surface area contributed by atoms with Gasteiger partial charge in [0, 0.05) is 12.1 Å². The molecule has 1 saturated heterocycles. The van der Waals surface area contributed by atoms with Crippen molar-refractivity contribution in [2.75, 3.05) is 13.7 Å². The van der Waals surface area contributed by atoms with Gasteiger partial charge in [0.1, 0.15) is 7.11 Å². The molecule has 0 radical (unpaired) electrons. The van der Waals surface area contributed by atoms with E-state index in [1.54, 1.807) is 0 Å². The Balaban J connectivity index is 0.00000200. The molecule has 1 atom stereocenters. The van der Waals surface area contributed by atoms with Gasteiger partial charge in [-0.1, -0.05) is 29.4 Å². The molecule has 1 heterocycles. The Morgan fingerprint density at radius 2 is 2.05 bits per heavy atom. The summed E-state index contributed by atoms with van der Waals surface area (Å²) in [6.45, 7) is 1.43. The molecule has 2 rings (SSSR count). The van der Waals surface area contributed by atoms with Crippen molar-refractivity contribution in [1.82, 2.24) is 10.6 Å². The first-order chi connectivity index (χ1) is 9.20. The van der Waals surface area contributed by atoms with Crippen LogP contribution in [0.1, 0.15) is 17.5 Å². The smallest absolute Gasteiger partial charge is 0.237 e. The van der Waals surface area contributed by atoms with Crippen LogP contribution in [0.5, 0.6) is 0 Å². The number of hydrogen-bond donors (Lipinski definition) is 3. The van der Waals surface area contributed by atoms with Crippen molar-refractivity contribution in [3.63, 3.8) is 0 Å². The topological polar surface area (TPSA) is 88.7 Å². The molecule has 1 aromatic rings. The van der Waals surface area contributed by atoms with E-state index in [1.165, 1.54) is 7.11 Å². The number of nitrogens with two attached hydrogens (primary N) is 1. The molecule has 1 amide bonds. The number of halogens is 2. The molecule has 118 valence electrons. The lowest BCUT2D eigenvalue weighted by molar-refractivity contribution is -0.124. The summed E-state index contributed by atoms with van der Waals surface area (Å²) in [5.74, 6) is 0.382. The lowest BCUT2D eigenvalue weighted by Crippen LogP contribution is -2.52. The van der Waals surface area contributed by atoms with Gasteiger partial charge in [0.25, 0.3) is 0 Å². The largest absolute Gasteiger partial charge is 0.397 e. The summed E-state index contributed by atoms with van der Waals surface area (Å²) in [7, 11) is 1.45. The molecule has 1 aromatic carbocycles.